The number of unbranched alkanes of at least 4 members (excludes halogenated alkanes) is 3. The van der Waals surface area contributed by atoms with E-state index in [0.717, 1.165) is 25.7 Å². The average Bonchev–Trinajstić information content (AvgIpc) is 3.12. The molecule has 0 N–H and O–H groups in total. The summed E-state index contributed by atoms with van der Waals surface area (Å²) in [6, 6.07) is 5.22. The van der Waals surface area contributed by atoms with Gasteiger partial charge in [0.25, 0.3) is 0 Å². The molecule has 0 saturated carbocycles. The van der Waals surface area contributed by atoms with Crippen molar-refractivity contribution in [1.29, 1.82) is 0 Å². The monoisotopic (exact) mass is 402 g/mol. The van der Waals surface area contributed by atoms with Gasteiger partial charge in [0.2, 0.25) is 11.0 Å². The quantitative estimate of drug-likeness (QED) is 0.427. The summed E-state index contributed by atoms with van der Waals surface area (Å²) in [6.07, 6.45) is 0.487. The smallest absolute Gasteiger partial charge is 0.452 e. The number of hydrogen-bond acceptors (Lipinski definition) is 7. The number of halogens is 3. The number of alkyl halides is 3. The van der Waals surface area contributed by atoms with Gasteiger partial charge in [0.05, 0.1) is 6.61 Å². The Kier molecular flexibility index (Phi) is 7.96. The number of anilines is 2. The number of pyridine rings is 1. The summed E-state index contributed by atoms with van der Waals surface area (Å²) in [5.74, 6) is -0.826. The lowest BCUT2D eigenvalue weighted by Gasteiger charge is -2.20. The molecule has 0 unspecified atom stereocenters. The molecule has 0 aromatic carbocycles. The van der Waals surface area contributed by atoms with E-state index in [1.54, 1.807) is 36.2 Å². The molecule has 0 spiro atoms. The predicted molar refractivity (Wildman–Crippen MR) is 95.9 cm³/mol. The number of carbonyl (C=O) groups is 1. The van der Waals surface area contributed by atoms with Crippen LogP contribution >= 0.6 is 11.5 Å². The summed E-state index contributed by atoms with van der Waals surface area (Å²) in [5.41, 5.74) is 0. The Bertz CT molecular complexity index is 710. The molecule has 0 saturated heterocycles. The lowest BCUT2D eigenvalue weighted by molar-refractivity contribution is -0.144. The van der Waals surface area contributed by atoms with Gasteiger partial charge >= 0.3 is 12.1 Å². The molecule has 0 radical (unpaired) electrons. The van der Waals surface area contributed by atoms with E-state index in [-0.39, 0.29) is 11.1 Å². The highest BCUT2D eigenvalue weighted by Crippen LogP contribution is 2.32. The van der Waals surface area contributed by atoms with Gasteiger partial charge in [-0.25, -0.2) is 4.98 Å². The zero-order chi connectivity index (χ0) is 19.7. The fourth-order valence-electron chi connectivity index (χ4n) is 2.39. The van der Waals surface area contributed by atoms with E-state index in [0.29, 0.717) is 36.9 Å². The van der Waals surface area contributed by atoms with Gasteiger partial charge in [0.15, 0.2) is 0 Å². The van der Waals surface area contributed by atoms with Gasteiger partial charge in [-0.05, 0) is 31.9 Å². The van der Waals surface area contributed by atoms with Crippen molar-refractivity contribution in [2.45, 2.75) is 45.2 Å². The molecule has 0 amide bonds. The Hall–Kier alpha value is -2.23. The summed E-state index contributed by atoms with van der Waals surface area (Å²) in [7, 11) is 0. The number of ether oxygens (including phenoxy) is 1. The Morgan fingerprint density at radius 2 is 2.00 bits per heavy atom. The first-order valence-corrected chi connectivity index (χ1v) is 9.44. The van der Waals surface area contributed by atoms with E-state index in [9.17, 15) is 18.0 Å². The molecular weight excluding hydrogens is 381 g/mol. The van der Waals surface area contributed by atoms with Crippen LogP contribution < -0.4 is 4.90 Å². The molecule has 2 heterocycles. The number of carbonyl (C=O) groups excluding carboxylic acids is 1. The van der Waals surface area contributed by atoms with Crippen molar-refractivity contribution in [1.82, 2.24) is 14.3 Å². The second-order valence-corrected chi connectivity index (χ2v) is 6.44. The molecule has 27 heavy (non-hydrogen) atoms. The highest BCUT2D eigenvalue weighted by Gasteiger charge is 2.36. The second kappa shape index (κ2) is 10.2. The zero-order valence-electron chi connectivity index (χ0n) is 14.9. The van der Waals surface area contributed by atoms with Crippen molar-refractivity contribution < 1.29 is 22.7 Å². The summed E-state index contributed by atoms with van der Waals surface area (Å²) in [5, 5.41) is 0.160. The van der Waals surface area contributed by atoms with E-state index >= 15 is 0 Å². The topological polar surface area (TPSA) is 68.2 Å². The minimum Gasteiger partial charge on any atom is -0.466 e. The molecule has 0 aliphatic heterocycles. The molecule has 148 valence electrons. The minimum absolute atomic E-state index is 0.160. The SMILES string of the molecule is CCOC(=O)CCCCCCN(c1ccccn1)c1nc(C(F)(F)F)ns1. The standard InChI is InChI=1S/C17H21F3N4O2S/c1-2-26-14(25)10-5-3-4-8-12-24(13-9-6-7-11-21-13)16-22-15(23-27-16)17(18,19)20/h6-7,9,11H,2-5,8,10,12H2,1H3. The van der Waals surface area contributed by atoms with Gasteiger partial charge in [0.1, 0.15) is 5.82 Å². The average molecular weight is 402 g/mol. The first kappa shape index (κ1) is 21.1. The highest BCUT2D eigenvalue weighted by atomic mass is 32.1. The van der Waals surface area contributed by atoms with Gasteiger partial charge in [-0.3, -0.25) is 4.79 Å². The van der Waals surface area contributed by atoms with E-state index in [1.807, 2.05) is 0 Å². The molecular formula is C17H21F3N4O2S. The molecule has 0 aliphatic rings. The Labute approximate surface area is 159 Å². The van der Waals surface area contributed by atoms with Crippen LogP contribution in [0.2, 0.25) is 0 Å². The van der Waals surface area contributed by atoms with Crippen LogP contribution in [-0.2, 0) is 15.7 Å². The van der Waals surface area contributed by atoms with Gasteiger partial charge in [-0.2, -0.15) is 22.5 Å². The molecule has 10 heteroatoms. The molecule has 0 fully saturated rings. The van der Waals surface area contributed by atoms with Crippen molar-refractivity contribution in [2.24, 2.45) is 0 Å². The van der Waals surface area contributed by atoms with Crippen LogP contribution in [0.15, 0.2) is 24.4 Å². The minimum atomic E-state index is -4.57. The van der Waals surface area contributed by atoms with Crippen LogP contribution in [0.3, 0.4) is 0 Å². The summed E-state index contributed by atoms with van der Waals surface area (Å²) in [4.78, 5) is 20.8. The number of nitrogens with zero attached hydrogens (tertiary/aromatic N) is 4. The third-order valence-electron chi connectivity index (χ3n) is 3.64. The van der Waals surface area contributed by atoms with Gasteiger partial charge in [-0.15, -0.1) is 0 Å². The van der Waals surface area contributed by atoms with E-state index in [2.05, 4.69) is 14.3 Å². The van der Waals surface area contributed by atoms with Crippen LogP contribution in [0.5, 0.6) is 0 Å². The van der Waals surface area contributed by atoms with Crippen LogP contribution in [0.4, 0.5) is 24.1 Å². The highest BCUT2D eigenvalue weighted by molar-refractivity contribution is 7.09. The fraction of sp³-hybridized carbons (Fsp3) is 0.529. The number of hydrogen-bond donors (Lipinski definition) is 0. The fourth-order valence-corrected chi connectivity index (χ4v) is 3.11. The Morgan fingerprint density at radius 1 is 1.22 bits per heavy atom. The van der Waals surface area contributed by atoms with Crippen molar-refractivity contribution in [3.63, 3.8) is 0 Å². The summed E-state index contributed by atoms with van der Waals surface area (Å²) in [6.45, 7) is 2.60. The maximum Gasteiger partial charge on any atom is 0.452 e. The first-order valence-electron chi connectivity index (χ1n) is 8.67. The lowest BCUT2D eigenvalue weighted by atomic mass is 10.1. The van der Waals surface area contributed by atoms with Crippen LogP contribution in [0.1, 0.15) is 44.9 Å². The summed E-state index contributed by atoms with van der Waals surface area (Å²) < 4.78 is 46.6. The van der Waals surface area contributed by atoms with Crippen LogP contribution in [0, 0.1) is 0 Å². The Balaban J connectivity index is 1.93. The van der Waals surface area contributed by atoms with Crippen molar-refractivity contribution in [3.05, 3.63) is 30.2 Å². The van der Waals surface area contributed by atoms with Gasteiger partial charge < -0.3 is 9.64 Å². The molecule has 2 aromatic rings. The lowest BCUT2D eigenvalue weighted by Crippen LogP contribution is -2.20. The Morgan fingerprint density at radius 3 is 2.63 bits per heavy atom. The largest absolute Gasteiger partial charge is 0.466 e. The molecule has 2 aromatic heterocycles. The molecule has 0 bridgehead atoms. The second-order valence-electron chi connectivity index (χ2n) is 5.71. The summed E-state index contributed by atoms with van der Waals surface area (Å²) >= 11 is 0.701. The number of esters is 1. The first-order chi connectivity index (χ1) is 12.9. The third kappa shape index (κ3) is 6.78. The maximum absolute atomic E-state index is 12.8. The van der Waals surface area contributed by atoms with E-state index in [1.165, 1.54) is 0 Å². The van der Waals surface area contributed by atoms with Gasteiger partial charge in [-0.1, -0.05) is 18.9 Å². The zero-order valence-corrected chi connectivity index (χ0v) is 15.7. The van der Waals surface area contributed by atoms with E-state index < -0.39 is 12.0 Å². The normalized spacial score (nSPS) is 11.4. The third-order valence-corrected chi connectivity index (χ3v) is 4.38. The molecule has 2 rings (SSSR count). The van der Waals surface area contributed by atoms with Gasteiger partial charge in [0, 0.05) is 30.7 Å². The predicted octanol–water partition coefficient (Wildman–Crippen LogP) is 4.60. The molecule has 0 atom stereocenters. The van der Waals surface area contributed by atoms with Crippen molar-refractivity contribution in [2.75, 3.05) is 18.1 Å². The van der Waals surface area contributed by atoms with Crippen molar-refractivity contribution in [3.8, 4) is 0 Å². The van der Waals surface area contributed by atoms with E-state index in [4.69, 9.17) is 4.74 Å². The molecule has 0 aliphatic carbocycles. The maximum atomic E-state index is 12.8. The number of aromatic nitrogens is 3. The number of rotatable bonds is 10. The van der Waals surface area contributed by atoms with Crippen LogP contribution in [0.25, 0.3) is 0 Å². The molecule has 6 nitrogen and oxygen atoms in total. The van der Waals surface area contributed by atoms with Crippen LogP contribution in [-0.4, -0.2) is 33.5 Å². The van der Waals surface area contributed by atoms with Crippen molar-refractivity contribution >= 4 is 28.5 Å².